The number of likely N-dealkylation sites (tertiary alicyclic amines) is 1. The maximum atomic E-state index is 12.3. The molecule has 5 nitrogen and oxygen atoms in total. The zero-order valence-electron chi connectivity index (χ0n) is 14.0. The van der Waals surface area contributed by atoms with Crippen molar-refractivity contribution < 1.29 is 13.2 Å². The molecule has 0 spiro atoms. The Balaban J connectivity index is 1.49. The van der Waals surface area contributed by atoms with Gasteiger partial charge in [-0.2, -0.15) is 0 Å². The lowest BCUT2D eigenvalue weighted by Crippen LogP contribution is -2.56. The molecule has 2 atom stereocenters. The van der Waals surface area contributed by atoms with Crippen molar-refractivity contribution in [2.24, 2.45) is 5.92 Å². The predicted octanol–water partition coefficient (Wildman–Crippen LogP) is 2.07. The molecule has 4 rings (SSSR count). The van der Waals surface area contributed by atoms with Crippen LogP contribution < -0.4 is 4.90 Å². The molecule has 1 amide bonds. The summed E-state index contributed by atoms with van der Waals surface area (Å²) in [6, 6.07) is 8.11. The van der Waals surface area contributed by atoms with Crippen LogP contribution in [-0.4, -0.2) is 50.7 Å². The van der Waals surface area contributed by atoms with Crippen LogP contribution in [-0.2, 0) is 14.6 Å². The quantitative estimate of drug-likeness (QED) is 0.839. The minimum Gasteiger partial charge on any atom is -0.371 e. The van der Waals surface area contributed by atoms with Crippen LogP contribution in [0.25, 0.3) is 0 Å². The number of carbonyl (C=O) groups is 1. The molecule has 1 aromatic rings. The number of piperidine rings is 2. The maximum Gasteiger partial charge on any atom is 0.223 e. The van der Waals surface area contributed by atoms with Gasteiger partial charge in [-0.05, 0) is 55.9 Å². The monoisotopic (exact) mass is 348 g/mol. The summed E-state index contributed by atoms with van der Waals surface area (Å²) in [4.78, 5) is 17.2. The van der Waals surface area contributed by atoms with Crippen LogP contribution in [0.2, 0.25) is 0 Å². The summed E-state index contributed by atoms with van der Waals surface area (Å²) >= 11 is 0. The number of rotatable bonds is 3. The molecule has 6 heteroatoms. The lowest BCUT2D eigenvalue weighted by molar-refractivity contribution is -0.140. The lowest BCUT2D eigenvalue weighted by atomic mass is 9.83. The topological polar surface area (TPSA) is 57.7 Å². The van der Waals surface area contributed by atoms with Crippen LogP contribution in [0, 0.1) is 5.92 Å². The highest BCUT2D eigenvalue weighted by Gasteiger charge is 2.45. The molecule has 24 heavy (non-hydrogen) atoms. The maximum absolute atomic E-state index is 12.3. The van der Waals surface area contributed by atoms with E-state index in [0.717, 1.165) is 31.6 Å². The Kier molecular flexibility index (Phi) is 3.82. The second-order valence-electron chi connectivity index (χ2n) is 7.40. The molecule has 2 heterocycles. The first-order valence-electron chi connectivity index (χ1n) is 8.80. The van der Waals surface area contributed by atoms with Gasteiger partial charge in [0.05, 0.1) is 4.90 Å². The zero-order valence-corrected chi connectivity index (χ0v) is 14.8. The molecular weight excluding hydrogens is 324 g/mol. The molecule has 2 aliphatic heterocycles. The van der Waals surface area contributed by atoms with Gasteiger partial charge in [-0.1, -0.05) is 0 Å². The van der Waals surface area contributed by atoms with Gasteiger partial charge >= 0.3 is 0 Å². The highest BCUT2D eigenvalue weighted by atomic mass is 32.2. The van der Waals surface area contributed by atoms with E-state index in [0.29, 0.717) is 35.2 Å². The van der Waals surface area contributed by atoms with Crippen LogP contribution in [0.3, 0.4) is 0 Å². The highest BCUT2D eigenvalue weighted by molar-refractivity contribution is 7.90. The minimum absolute atomic E-state index is 0.352. The normalized spacial score (nSPS) is 28.0. The van der Waals surface area contributed by atoms with E-state index in [9.17, 15) is 13.2 Å². The molecule has 3 aliphatic rings. The highest BCUT2D eigenvalue weighted by Crippen LogP contribution is 2.39. The van der Waals surface area contributed by atoms with E-state index in [-0.39, 0.29) is 0 Å². The Hall–Kier alpha value is -1.56. The van der Waals surface area contributed by atoms with E-state index in [2.05, 4.69) is 9.80 Å². The van der Waals surface area contributed by atoms with Crippen molar-refractivity contribution in [1.29, 1.82) is 0 Å². The molecular formula is C18H24N2O3S. The summed E-state index contributed by atoms with van der Waals surface area (Å²) in [5.74, 6) is 0.885. The molecule has 0 aromatic heterocycles. The van der Waals surface area contributed by atoms with Gasteiger partial charge in [-0.15, -0.1) is 0 Å². The van der Waals surface area contributed by atoms with Crippen molar-refractivity contribution in [1.82, 2.24) is 4.90 Å². The molecule has 3 fully saturated rings. The third-order valence-electron chi connectivity index (χ3n) is 5.64. The van der Waals surface area contributed by atoms with Crippen LogP contribution in [0.4, 0.5) is 5.69 Å². The number of nitrogens with zero attached hydrogens (tertiary/aromatic N) is 2. The van der Waals surface area contributed by atoms with Gasteiger partial charge < -0.3 is 9.80 Å². The Labute approximate surface area is 143 Å². The second-order valence-corrected chi connectivity index (χ2v) is 9.41. The molecule has 2 saturated heterocycles. The fourth-order valence-corrected chi connectivity index (χ4v) is 4.89. The first-order valence-corrected chi connectivity index (χ1v) is 10.7. The van der Waals surface area contributed by atoms with E-state index in [1.807, 2.05) is 12.1 Å². The van der Waals surface area contributed by atoms with Gasteiger partial charge in [-0.3, -0.25) is 4.79 Å². The minimum atomic E-state index is -3.15. The summed E-state index contributed by atoms with van der Waals surface area (Å²) in [6.45, 7) is 1.88. The van der Waals surface area contributed by atoms with Crippen molar-refractivity contribution >= 4 is 21.4 Å². The molecule has 0 N–H and O–H groups in total. The first-order chi connectivity index (χ1) is 11.4. The number of hydrogen-bond donors (Lipinski definition) is 0. The van der Waals surface area contributed by atoms with Crippen molar-refractivity contribution in [2.45, 2.75) is 49.1 Å². The second kappa shape index (κ2) is 5.76. The Morgan fingerprint density at radius 1 is 1.04 bits per heavy atom. The molecule has 0 bridgehead atoms. The van der Waals surface area contributed by atoms with Gasteiger partial charge in [0, 0.05) is 43.5 Å². The van der Waals surface area contributed by atoms with E-state index in [4.69, 9.17) is 0 Å². The predicted molar refractivity (Wildman–Crippen MR) is 92.8 cm³/mol. The molecule has 1 aliphatic carbocycles. The summed E-state index contributed by atoms with van der Waals surface area (Å²) in [7, 11) is -3.15. The number of anilines is 1. The first kappa shape index (κ1) is 15.9. The van der Waals surface area contributed by atoms with Crippen LogP contribution in [0.5, 0.6) is 0 Å². The molecule has 2 unspecified atom stereocenters. The smallest absolute Gasteiger partial charge is 0.223 e. The SMILES string of the molecule is CS(=O)(=O)c1ccc(N2CCC3C(CCC(=O)N3C3CC3)C2)cc1. The summed E-state index contributed by atoms with van der Waals surface area (Å²) in [5.41, 5.74) is 1.08. The molecule has 0 radical (unpaired) electrons. The molecule has 1 aromatic carbocycles. The van der Waals surface area contributed by atoms with Crippen LogP contribution >= 0.6 is 0 Å². The van der Waals surface area contributed by atoms with Crippen LogP contribution in [0.15, 0.2) is 29.2 Å². The van der Waals surface area contributed by atoms with Gasteiger partial charge in [0.2, 0.25) is 5.91 Å². The Morgan fingerprint density at radius 2 is 1.75 bits per heavy atom. The number of fused-ring (bicyclic) bond motifs is 1. The average molecular weight is 348 g/mol. The fourth-order valence-electron chi connectivity index (χ4n) is 4.26. The number of carbonyl (C=O) groups excluding carboxylic acids is 1. The van der Waals surface area contributed by atoms with E-state index < -0.39 is 9.84 Å². The number of benzene rings is 1. The van der Waals surface area contributed by atoms with Gasteiger partial charge in [0.15, 0.2) is 9.84 Å². The zero-order chi connectivity index (χ0) is 16.9. The fraction of sp³-hybridized carbons (Fsp3) is 0.611. The van der Waals surface area contributed by atoms with Crippen LogP contribution in [0.1, 0.15) is 32.1 Å². The number of amides is 1. The van der Waals surface area contributed by atoms with E-state index >= 15 is 0 Å². The summed E-state index contributed by atoms with van der Waals surface area (Å²) < 4.78 is 23.2. The molecule has 130 valence electrons. The van der Waals surface area contributed by atoms with Gasteiger partial charge in [0.1, 0.15) is 0 Å². The molecule has 1 saturated carbocycles. The average Bonchev–Trinajstić information content (AvgIpc) is 3.38. The van der Waals surface area contributed by atoms with E-state index in [1.54, 1.807) is 12.1 Å². The van der Waals surface area contributed by atoms with Crippen molar-refractivity contribution in [3.8, 4) is 0 Å². The Morgan fingerprint density at radius 3 is 2.38 bits per heavy atom. The third kappa shape index (κ3) is 2.92. The number of sulfone groups is 1. The van der Waals surface area contributed by atoms with E-state index in [1.165, 1.54) is 19.1 Å². The Bertz CT molecular complexity index is 740. The summed E-state index contributed by atoms with van der Waals surface area (Å²) in [6.07, 6.45) is 6.25. The standard InChI is InChI=1S/C18H24N2O3S/c1-24(22,23)16-7-5-14(6-8-16)19-11-10-17-13(12-19)2-9-18(21)20(17)15-3-4-15/h5-8,13,15,17H,2-4,9-12H2,1H3. The number of hydrogen-bond acceptors (Lipinski definition) is 4. The lowest BCUT2D eigenvalue weighted by Gasteiger charge is -2.48. The van der Waals surface area contributed by atoms with Crippen molar-refractivity contribution in [3.63, 3.8) is 0 Å². The van der Waals surface area contributed by atoms with Gasteiger partial charge in [0.25, 0.3) is 0 Å². The van der Waals surface area contributed by atoms with Crippen molar-refractivity contribution in [3.05, 3.63) is 24.3 Å². The van der Waals surface area contributed by atoms with Crippen molar-refractivity contribution in [2.75, 3.05) is 24.2 Å². The van der Waals surface area contributed by atoms with Gasteiger partial charge in [-0.25, -0.2) is 8.42 Å². The summed E-state index contributed by atoms with van der Waals surface area (Å²) in [5, 5.41) is 0. The third-order valence-corrected chi connectivity index (χ3v) is 6.77. The largest absolute Gasteiger partial charge is 0.371 e.